The van der Waals surface area contributed by atoms with Crippen LogP contribution in [0.5, 0.6) is 0 Å². The summed E-state index contributed by atoms with van der Waals surface area (Å²) in [7, 11) is 1.76. The zero-order valence-corrected chi connectivity index (χ0v) is 10.4. The van der Waals surface area contributed by atoms with Crippen LogP contribution in [0.25, 0.3) is 0 Å². The van der Waals surface area contributed by atoms with Gasteiger partial charge < -0.3 is 15.8 Å². The van der Waals surface area contributed by atoms with E-state index in [4.69, 9.17) is 10.5 Å². The number of aromatic nitrogens is 2. The fourth-order valence-electron chi connectivity index (χ4n) is 1.48. The number of aryl methyl sites for hydroxylation is 2. The lowest BCUT2D eigenvalue weighted by molar-refractivity contribution is 0.0933. The molecule has 0 aliphatic carbocycles. The van der Waals surface area contributed by atoms with Gasteiger partial charge in [0.25, 0.3) is 5.91 Å². The average Bonchev–Trinajstić information content (AvgIpc) is 2.62. The number of ether oxygens (including phenoxy) is 1. The zero-order valence-electron chi connectivity index (χ0n) is 10.4. The first-order valence-corrected chi connectivity index (χ1v) is 5.72. The molecule has 0 spiro atoms. The van der Waals surface area contributed by atoms with Gasteiger partial charge in [-0.25, -0.2) is 0 Å². The molecular weight excluding hydrogens is 220 g/mol. The molecule has 17 heavy (non-hydrogen) atoms. The molecular formula is C11H20N4O2. The van der Waals surface area contributed by atoms with Crippen LogP contribution in [0, 0.1) is 6.92 Å². The lowest BCUT2D eigenvalue weighted by Gasteiger charge is -2.05. The van der Waals surface area contributed by atoms with Crippen LogP contribution in [0.3, 0.4) is 0 Å². The quantitative estimate of drug-likeness (QED) is 0.648. The first kappa shape index (κ1) is 13.7. The molecule has 0 unspecified atom stereocenters. The fraction of sp³-hybridized carbons (Fsp3) is 0.636. The van der Waals surface area contributed by atoms with Crippen LogP contribution in [0.15, 0.2) is 6.07 Å². The molecule has 0 radical (unpaired) electrons. The van der Waals surface area contributed by atoms with Gasteiger partial charge in [0.2, 0.25) is 0 Å². The summed E-state index contributed by atoms with van der Waals surface area (Å²) in [5.74, 6) is -0.105. The molecule has 0 atom stereocenters. The number of hydrogen-bond acceptors (Lipinski definition) is 4. The Bertz CT molecular complexity index is 362. The largest absolute Gasteiger partial charge is 0.380 e. The highest BCUT2D eigenvalue weighted by Gasteiger charge is 2.10. The minimum atomic E-state index is -0.105. The van der Waals surface area contributed by atoms with Gasteiger partial charge in [-0.2, -0.15) is 5.10 Å². The first-order valence-electron chi connectivity index (χ1n) is 5.72. The van der Waals surface area contributed by atoms with Crippen LogP contribution in [-0.2, 0) is 11.8 Å². The third-order valence-electron chi connectivity index (χ3n) is 2.25. The van der Waals surface area contributed by atoms with Crippen molar-refractivity contribution in [1.82, 2.24) is 15.1 Å². The third-order valence-corrected chi connectivity index (χ3v) is 2.25. The molecule has 0 saturated heterocycles. The van der Waals surface area contributed by atoms with E-state index in [1.54, 1.807) is 17.8 Å². The van der Waals surface area contributed by atoms with Gasteiger partial charge in [-0.1, -0.05) is 0 Å². The molecule has 0 fully saturated rings. The van der Waals surface area contributed by atoms with Crippen molar-refractivity contribution >= 4 is 5.91 Å². The van der Waals surface area contributed by atoms with Gasteiger partial charge in [0.15, 0.2) is 0 Å². The molecule has 0 aromatic carbocycles. The highest BCUT2D eigenvalue weighted by molar-refractivity contribution is 5.92. The van der Waals surface area contributed by atoms with E-state index in [1.165, 1.54) is 0 Å². The summed E-state index contributed by atoms with van der Waals surface area (Å²) >= 11 is 0. The molecule has 1 heterocycles. The van der Waals surface area contributed by atoms with E-state index in [0.29, 0.717) is 32.0 Å². The predicted octanol–water partition coefficient (Wildman–Crippen LogP) is -0.176. The fourth-order valence-corrected chi connectivity index (χ4v) is 1.48. The van der Waals surface area contributed by atoms with Crippen LogP contribution in [0.2, 0.25) is 0 Å². The standard InChI is InChI=1S/C11H20N4O2/c1-9-8-10(15(2)14-9)11(16)13-5-3-6-17-7-4-12/h8H,3-7,12H2,1-2H3,(H,13,16). The Balaban J connectivity index is 2.23. The molecule has 1 aromatic heterocycles. The molecule has 3 N–H and O–H groups in total. The molecule has 6 nitrogen and oxygen atoms in total. The second kappa shape index (κ2) is 7.03. The molecule has 96 valence electrons. The Morgan fingerprint density at radius 1 is 1.59 bits per heavy atom. The van der Waals surface area contributed by atoms with E-state index < -0.39 is 0 Å². The maximum atomic E-state index is 11.7. The van der Waals surface area contributed by atoms with Gasteiger partial charge in [-0.15, -0.1) is 0 Å². The zero-order chi connectivity index (χ0) is 12.7. The molecule has 0 bridgehead atoms. The Kier molecular flexibility index (Phi) is 5.65. The van der Waals surface area contributed by atoms with Crippen molar-refractivity contribution in [2.24, 2.45) is 12.8 Å². The number of amides is 1. The summed E-state index contributed by atoms with van der Waals surface area (Å²) < 4.78 is 6.78. The van der Waals surface area contributed by atoms with Gasteiger partial charge in [0, 0.05) is 26.7 Å². The third kappa shape index (κ3) is 4.54. The van der Waals surface area contributed by atoms with Crippen molar-refractivity contribution in [3.05, 3.63) is 17.5 Å². The Hall–Kier alpha value is -1.40. The van der Waals surface area contributed by atoms with Crippen molar-refractivity contribution in [2.45, 2.75) is 13.3 Å². The van der Waals surface area contributed by atoms with Gasteiger partial charge in [-0.05, 0) is 19.4 Å². The number of nitrogens with zero attached hydrogens (tertiary/aromatic N) is 2. The van der Waals surface area contributed by atoms with E-state index >= 15 is 0 Å². The second-order valence-electron chi connectivity index (χ2n) is 3.81. The van der Waals surface area contributed by atoms with Crippen molar-refractivity contribution in [3.8, 4) is 0 Å². The number of hydrogen-bond donors (Lipinski definition) is 2. The Morgan fingerprint density at radius 3 is 2.94 bits per heavy atom. The average molecular weight is 240 g/mol. The molecule has 1 aromatic rings. The first-order chi connectivity index (χ1) is 8.15. The number of carbonyl (C=O) groups is 1. The molecule has 0 saturated carbocycles. The van der Waals surface area contributed by atoms with Crippen molar-refractivity contribution in [3.63, 3.8) is 0 Å². The van der Waals surface area contributed by atoms with Crippen molar-refractivity contribution < 1.29 is 9.53 Å². The van der Waals surface area contributed by atoms with Crippen LogP contribution in [-0.4, -0.2) is 42.0 Å². The number of nitrogens with one attached hydrogen (secondary N) is 1. The summed E-state index contributed by atoms with van der Waals surface area (Å²) in [4.78, 5) is 11.7. The highest BCUT2D eigenvalue weighted by atomic mass is 16.5. The van der Waals surface area contributed by atoms with Gasteiger partial charge in [0.1, 0.15) is 5.69 Å². The number of carbonyl (C=O) groups excluding carboxylic acids is 1. The maximum Gasteiger partial charge on any atom is 0.269 e. The van der Waals surface area contributed by atoms with Crippen LogP contribution >= 0.6 is 0 Å². The minimum Gasteiger partial charge on any atom is -0.380 e. The Morgan fingerprint density at radius 2 is 2.35 bits per heavy atom. The SMILES string of the molecule is Cc1cc(C(=O)NCCCOCCN)n(C)n1. The van der Waals surface area contributed by atoms with Gasteiger partial charge >= 0.3 is 0 Å². The smallest absolute Gasteiger partial charge is 0.269 e. The summed E-state index contributed by atoms with van der Waals surface area (Å²) in [6, 6.07) is 1.76. The number of rotatable bonds is 7. The van der Waals surface area contributed by atoms with Gasteiger partial charge in [0.05, 0.1) is 12.3 Å². The molecule has 1 rings (SSSR count). The maximum absolute atomic E-state index is 11.7. The van der Waals surface area contributed by atoms with Crippen molar-refractivity contribution in [1.29, 1.82) is 0 Å². The normalized spacial score (nSPS) is 10.5. The summed E-state index contributed by atoms with van der Waals surface area (Å²) in [5.41, 5.74) is 6.69. The highest BCUT2D eigenvalue weighted by Crippen LogP contribution is 2.01. The predicted molar refractivity (Wildman–Crippen MR) is 64.8 cm³/mol. The van der Waals surface area contributed by atoms with Gasteiger partial charge in [-0.3, -0.25) is 9.48 Å². The molecule has 0 aliphatic heterocycles. The van der Waals surface area contributed by atoms with Crippen LogP contribution < -0.4 is 11.1 Å². The second-order valence-corrected chi connectivity index (χ2v) is 3.81. The summed E-state index contributed by atoms with van der Waals surface area (Å²) in [5, 5.41) is 6.94. The van der Waals surface area contributed by atoms with E-state index in [9.17, 15) is 4.79 Å². The number of nitrogens with two attached hydrogens (primary N) is 1. The van der Waals surface area contributed by atoms with Crippen LogP contribution in [0.1, 0.15) is 22.6 Å². The Labute approximate surface area is 101 Å². The molecule has 6 heteroatoms. The minimum absolute atomic E-state index is 0.105. The van der Waals surface area contributed by atoms with E-state index in [2.05, 4.69) is 10.4 Å². The topological polar surface area (TPSA) is 82.2 Å². The van der Waals surface area contributed by atoms with Crippen LogP contribution in [0.4, 0.5) is 0 Å². The lowest BCUT2D eigenvalue weighted by Crippen LogP contribution is -2.27. The summed E-state index contributed by atoms with van der Waals surface area (Å²) in [6.45, 7) is 4.16. The van der Waals surface area contributed by atoms with E-state index in [-0.39, 0.29) is 5.91 Å². The molecule has 0 aliphatic rings. The monoisotopic (exact) mass is 240 g/mol. The summed E-state index contributed by atoms with van der Waals surface area (Å²) in [6.07, 6.45) is 0.780. The molecule has 1 amide bonds. The van der Waals surface area contributed by atoms with E-state index in [0.717, 1.165) is 12.1 Å². The lowest BCUT2D eigenvalue weighted by atomic mass is 10.3. The van der Waals surface area contributed by atoms with Crippen molar-refractivity contribution in [2.75, 3.05) is 26.3 Å². The van der Waals surface area contributed by atoms with E-state index in [1.807, 2.05) is 6.92 Å².